The van der Waals surface area contributed by atoms with E-state index in [-0.39, 0.29) is 0 Å². The molecule has 1 aromatic carbocycles. The highest BCUT2D eigenvalue weighted by molar-refractivity contribution is 6.28. The van der Waals surface area contributed by atoms with Crippen LogP contribution in [0.3, 0.4) is 0 Å². The molecule has 1 heterocycles. The Bertz CT molecular complexity index is 617. The molecular formula is C14H11ClN2. The van der Waals surface area contributed by atoms with Crippen LogP contribution in [0, 0.1) is 0 Å². The molecule has 0 fully saturated rings. The van der Waals surface area contributed by atoms with Crippen LogP contribution >= 0.6 is 11.6 Å². The molecule has 0 saturated carbocycles. The van der Waals surface area contributed by atoms with Gasteiger partial charge >= 0.3 is 0 Å². The van der Waals surface area contributed by atoms with Crippen LogP contribution in [-0.2, 0) is 0 Å². The zero-order valence-electron chi connectivity index (χ0n) is 9.18. The highest BCUT2D eigenvalue weighted by Crippen LogP contribution is 2.29. The van der Waals surface area contributed by atoms with Crippen molar-refractivity contribution in [1.29, 1.82) is 0 Å². The average molecular weight is 243 g/mol. The van der Waals surface area contributed by atoms with Gasteiger partial charge in [-0.15, -0.1) is 0 Å². The van der Waals surface area contributed by atoms with E-state index in [9.17, 15) is 0 Å². The van der Waals surface area contributed by atoms with E-state index in [0.717, 1.165) is 23.0 Å². The zero-order chi connectivity index (χ0) is 11.7. The van der Waals surface area contributed by atoms with Crippen LogP contribution in [0.15, 0.2) is 48.6 Å². The van der Waals surface area contributed by atoms with Gasteiger partial charge in [-0.2, -0.15) is 0 Å². The minimum atomic E-state index is 0.297. The van der Waals surface area contributed by atoms with E-state index in [1.165, 1.54) is 0 Å². The lowest BCUT2D eigenvalue weighted by Gasteiger charge is -2.14. The van der Waals surface area contributed by atoms with Crippen molar-refractivity contribution in [3.05, 3.63) is 59.5 Å². The fourth-order valence-corrected chi connectivity index (χ4v) is 2.32. The molecule has 1 aromatic heterocycles. The number of hydrogen-bond donors (Lipinski definition) is 0. The third kappa shape index (κ3) is 1.96. The second kappa shape index (κ2) is 4.30. The first-order chi connectivity index (χ1) is 8.34. The summed E-state index contributed by atoms with van der Waals surface area (Å²) in [5.74, 6) is 0.297. The highest BCUT2D eigenvalue weighted by atomic mass is 35.5. The fraction of sp³-hybridized carbons (Fsp3) is 0.143. The standard InChI is InChI=1S/C14H11ClN2/c15-14-16-12-9-5-4-8-11(12)13(17-14)10-6-2-1-3-7-10/h1-6,8-10H,7H2. The number of fused-ring (bicyclic) bond motifs is 1. The summed E-state index contributed by atoms with van der Waals surface area (Å²) < 4.78 is 0. The molecule has 3 heteroatoms. The summed E-state index contributed by atoms with van der Waals surface area (Å²) in [6, 6.07) is 7.99. The van der Waals surface area contributed by atoms with Gasteiger partial charge in [0.2, 0.25) is 5.28 Å². The molecule has 0 radical (unpaired) electrons. The lowest BCUT2D eigenvalue weighted by molar-refractivity contribution is 0.821. The molecule has 0 amide bonds. The maximum absolute atomic E-state index is 5.98. The normalized spacial score (nSPS) is 18.8. The molecule has 3 rings (SSSR count). The van der Waals surface area contributed by atoms with Crippen molar-refractivity contribution in [2.75, 3.05) is 0 Å². The van der Waals surface area contributed by atoms with Gasteiger partial charge in [-0.1, -0.05) is 42.5 Å². The van der Waals surface area contributed by atoms with E-state index < -0.39 is 0 Å². The summed E-state index contributed by atoms with van der Waals surface area (Å²) in [7, 11) is 0. The first kappa shape index (κ1) is 10.5. The molecule has 1 aliphatic carbocycles. The molecule has 0 N–H and O–H groups in total. The smallest absolute Gasteiger partial charge is 0.222 e. The molecule has 17 heavy (non-hydrogen) atoms. The van der Waals surface area contributed by atoms with Crippen molar-refractivity contribution < 1.29 is 0 Å². The number of allylic oxidation sites excluding steroid dienone is 4. The van der Waals surface area contributed by atoms with Gasteiger partial charge in [0.1, 0.15) is 0 Å². The molecule has 0 saturated heterocycles. The fourth-order valence-electron chi connectivity index (χ4n) is 2.14. The third-order valence-corrected chi connectivity index (χ3v) is 3.11. The number of nitrogens with zero attached hydrogens (tertiary/aromatic N) is 2. The summed E-state index contributed by atoms with van der Waals surface area (Å²) in [6.45, 7) is 0. The lowest BCUT2D eigenvalue weighted by atomic mass is 9.94. The Hall–Kier alpha value is -1.67. The van der Waals surface area contributed by atoms with E-state index in [1.54, 1.807) is 0 Å². The van der Waals surface area contributed by atoms with Crippen molar-refractivity contribution in [3.8, 4) is 0 Å². The number of para-hydroxylation sites is 1. The quantitative estimate of drug-likeness (QED) is 0.709. The monoisotopic (exact) mass is 242 g/mol. The summed E-state index contributed by atoms with van der Waals surface area (Å²) in [5.41, 5.74) is 1.92. The number of halogens is 1. The lowest BCUT2D eigenvalue weighted by Crippen LogP contribution is -2.02. The predicted molar refractivity (Wildman–Crippen MR) is 70.2 cm³/mol. The number of benzene rings is 1. The summed E-state index contributed by atoms with van der Waals surface area (Å²) >= 11 is 5.98. The highest BCUT2D eigenvalue weighted by Gasteiger charge is 2.15. The van der Waals surface area contributed by atoms with Gasteiger partial charge in [0.05, 0.1) is 11.2 Å². The van der Waals surface area contributed by atoms with Crippen molar-refractivity contribution in [2.45, 2.75) is 12.3 Å². The summed E-state index contributed by atoms with van der Waals surface area (Å²) in [6.07, 6.45) is 9.38. The minimum absolute atomic E-state index is 0.297. The van der Waals surface area contributed by atoms with Crippen molar-refractivity contribution >= 4 is 22.5 Å². The van der Waals surface area contributed by atoms with Crippen LogP contribution < -0.4 is 0 Å². The molecule has 2 aromatic rings. The Kier molecular flexibility index (Phi) is 2.65. The minimum Gasteiger partial charge on any atom is -0.222 e. The van der Waals surface area contributed by atoms with E-state index in [4.69, 9.17) is 11.6 Å². The Morgan fingerprint density at radius 1 is 1.12 bits per heavy atom. The predicted octanol–water partition coefficient (Wildman–Crippen LogP) is 3.88. The van der Waals surface area contributed by atoms with Gasteiger partial charge in [-0.25, -0.2) is 9.97 Å². The Labute approximate surface area is 105 Å². The summed E-state index contributed by atoms with van der Waals surface area (Å²) in [5, 5.41) is 1.41. The Morgan fingerprint density at radius 3 is 2.82 bits per heavy atom. The topological polar surface area (TPSA) is 25.8 Å². The molecule has 2 nitrogen and oxygen atoms in total. The maximum atomic E-state index is 5.98. The zero-order valence-corrected chi connectivity index (χ0v) is 9.93. The SMILES string of the molecule is Clc1nc(C2C=CC=CC2)c2ccccc2n1. The number of rotatable bonds is 1. The van der Waals surface area contributed by atoms with Gasteiger partial charge in [0.15, 0.2) is 0 Å². The van der Waals surface area contributed by atoms with Gasteiger partial charge in [0, 0.05) is 11.3 Å². The van der Waals surface area contributed by atoms with E-state index in [1.807, 2.05) is 24.3 Å². The first-order valence-corrected chi connectivity index (χ1v) is 5.98. The van der Waals surface area contributed by atoms with Gasteiger partial charge in [0.25, 0.3) is 0 Å². The van der Waals surface area contributed by atoms with Crippen LogP contribution in [0.25, 0.3) is 10.9 Å². The molecule has 0 aliphatic heterocycles. The van der Waals surface area contributed by atoms with Gasteiger partial charge in [-0.05, 0) is 24.1 Å². The second-order valence-electron chi connectivity index (χ2n) is 4.05. The largest absolute Gasteiger partial charge is 0.223 e. The van der Waals surface area contributed by atoms with Crippen LogP contribution in [0.5, 0.6) is 0 Å². The Balaban J connectivity index is 2.20. The molecule has 0 bridgehead atoms. The Morgan fingerprint density at radius 2 is 2.00 bits per heavy atom. The second-order valence-corrected chi connectivity index (χ2v) is 4.39. The number of aromatic nitrogens is 2. The molecule has 1 unspecified atom stereocenters. The van der Waals surface area contributed by atoms with E-state index in [2.05, 4.69) is 34.3 Å². The van der Waals surface area contributed by atoms with Crippen LogP contribution in [0.2, 0.25) is 5.28 Å². The van der Waals surface area contributed by atoms with Gasteiger partial charge in [-0.3, -0.25) is 0 Å². The molecule has 84 valence electrons. The van der Waals surface area contributed by atoms with Crippen LogP contribution in [0.1, 0.15) is 18.0 Å². The maximum Gasteiger partial charge on any atom is 0.223 e. The van der Waals surface area contributed by atoms with Gasteiger partial charge < -0.3 is 0 Å². The van der Waals surface area contributed by atoms with Crippen LogP contribution in [-0.4, -0.2) is 9.97 Å². The van der Waals surface area contributed by atoms with E-state index in [0.29, 0.717) is 11.2 Å². The van der Waals surface area contributed by atoms with Crippen molar-refractivity contribution in [3.63, 3.8) is 0 Å². The molecule has 0 spiro atoms. The summed E-state index contributed by atoms with van der Waals surface area (Å²) in [4.78, 5) is 8.64. The molecular weight excluding hydrogens is 232 g/mol. The molecule has 1 atom stereocenters. The van der Waals surface area contributed by atoms with Crippen molar-refractivity contribution in [2.24, 2.45) is 0 Å². The van der Waals surface area contributed by atoms with Crippen molar-refractivity contribution in [1.82, 2.24) is 9.97 Å². The third-order valence-electron chi connectivity index (χ3n) is 2.94. The van der Waals surface area contributed by atoms with Crippen LogP contribution in [0.4, 0.5) is 0 Å². The average Bonchev–Trinajstić information content (AvgIpc) is 2.39. The molecule has 1 aliphatic rings. The number of hydrogen-bond acceptors (Lipinski definition) is 2. The van der Waals surface area contributed by atoms with E-state index >= 15 is 0 Å². The first-order valence-electron chi connectivity index (χ1n) is 5.60.